The third kappa shape index (κ3) is 9.06. The van der Waals surface area contributed by atoms with Gasteiger partial charge in [-0.1, -0.05) is 6.07 Å². The van der Waals surface area contributed by atoms with E-state index in [-0.39, 0.29) is 6.04 Å². The van der Waals surface area contributed by atoms with Crippen molar-refractivity contribution in [2.75, 3.05) is 0 Å². The van der Waals surface area contributed by atoms with Crippen LogP contribution in [0.1, 0.15) is 19.5 Å². The van der Waals surface area contributed by atoms with Crippen molar-refractivity contribution in [3.05, 3.63) is 30.1 Å². The van der Waals surface area contributed by atoms with E-state index in [1.165, 1.54) is 0 Å². The molecule has 1 aromatic heterocycles. The van der Waals surface area contributed by atoms with Gasteiger partial charge in [-0.3, -0.25) is 15.4 Å². The van der Waals surface area contributed by atoms with Crippen molar-refractivity contribution in [2.45, 2.75) is 19.9 Å². The van der Waals surface area contributed by atoms with E-state index in [1.54, 1.807) is 12.4 Å². The summed E-state index contributed by atoms with van der Waals surface area (Å²) in [5.41, 5.74) is 3.43. The molecule has 1 aromatic rings. The number of nitrogens with zero attached hydrogens (tertiary/aromatic N) is 3. The maximum absolute atomic E-state index is 4.93. The number of pyridine rings is 1. The molecule has 0 aliphatic heterocycles. The van der Waals surface area contributed by atoms with Crippen molar-refractivity contribution in [3.8, 4) is 0 Å². The number of hydrazone groups is 1. The van der Waals surface area contributed by atoms with E-state index < -0.39 is 0 Å². The van der Waals surface area contributed by atoms with E-state index in [4.69, 9.17) is 12.6 Å². The second-order valence-electron chi connectivity index (χ2n) is 3.15. The maximum atomic E-state index is 4.93. The molecule has 0 saturated carbocycles. The summed E-state index contributed by atoms with van der Waals surface area (Å²) in [5, 5.41) is 4.31. The van der Waals surface area contributed by atoms with Crippen LogP contribution in [0.4, 0.5) is 0 Å². The van der Waals surface area contributed by atoms with Crippen LogP contribution < -0.4 is 5.43 Å². The minimum absolute atomic E-state index is 0.176. The zero-order chi connectivity index (χ0) is 13.1. The first-order valence-electron chi connectivity index (χ1n) is 4.75. The van der Waals surface area contributed by atoms with Crippen LogP contribution in [0.2, 0.25) is 0 Å². The molecular weight excluding hydrogens is 307 g/mol. The first-order chi connectivity index (χ1) is 8.18. The fourth-order valence-corrected chi connectivity index (χ4v) is 1.13. The number of rotatable bonds is 3. The van der Waals surface area contributed by atoms with E-state index in [1.807, 2.05) is 32.0 Å². The normalized spacial score (nSPS) is 11.3. The number of hydrogen-bond donors (Lipinski definition) is 1. The van der Waals surface area contributed by atoms with Crippen LogP contribution in [0.5, 0.6) is 0 Å². The van der Waals surface area contributed by atoms with Gasteiger partial charge in [0.25, 0.3) is 0 Å². The van der Waals surface area contributed by atoms with Crippen LogP contribution in [-0.4, -0.2) is 22.4 Å². The molecule has 0 aromatic carbocycles. The van der Waals surface area contributed by atoms with Gasteiger partial charge in [0.15, 0.2) is 0 Å². The summed E-state index contributed by atoms with van der Waals surface area (Å²) < 4.78 is 0. The van der Waals surface area contributed by atoms with Crippen LogP contribution >= 0.6 is 10.1 Å². The van der Waals surface area contributed by atoms with E-state index in [0.717, 1.165) is 5.69 Å². The SMILES string of the molecule is CC(C)N=C([S-])N/N=C/c1ccccn1.[Cl][Cu+]. The number of nitrogens with one attached hydrogen (secondary N) is 1. The Morgan fingerprint density at radius 3 is 2.76 bits per heavy atom. The van der Waals surface area contributed by atoms with E-state index >= 15 is 0 Å². The number of aliphatic imine (C=N–C) groups is 1. The molecule has 7 heteroatoms. The standard InChI is InChI=1S/C10H14N4S.ClH.Cu/c1-8(2)13-10(15)14-12-7-9-5-3-4-6-11-9;;/h3-8H,1-2H3,(H2,13,14,15);1H;/q;;+2/p-2/b12-7+;;. The third-order valence-electron chi connectivity index (χ3n) is 1.42. The number of hydrogen-bond acceptors (Lipinski definition) is 4. The molecular formula is C10H13ClCuN4S. The second kappa shape index (κ2) is 10.5. The molecule has 0 spiro atoms. The van der Waals surface area contributed by atoms with E-state index in [9.17, 15) is 0 Å². The summed E-state index contributed by atoms with van der Waals surface area (Å²) >= 11 is 8.59. The van der Waals surface area contributed by atoms with Crippen molar-refractivity contribution in [3.63, 3.8) is 0 Å². The van der Waals surface area contributed by atoms with Crippen LogP contribution in [-0.2, 0) is 27.7 Å². The predicted octanol–water partition coefficient (Wildman–Crippen LogP) is 2.00. The van der Waals surface area contributed by atoms with Crippen molar-refractivity contribution in [2.24, 2.45) is 10.1 Å². The monoisotopic (exact) mass is 319 g/mol. The molecule has 0 unspecified atom stereocenters. The average Bonchev–Trinajstić information content (AvgIpc) is 2.32. The van der Waals surface area contributed by atoms with Gasteiger partial charge < -0.3 is 12.6 Å². The third-order valence-corrected chi connectivity index (χ3v) is 1.62. The average molecular weight is 320 g/mol. The Labute approximate surface area is 119 Å². The predicted molar refractivity (Wildman–Crippen MR) is 70.8 cm³/mol. The quantitative estimate of drug-likeness (QED) is 0.305. The molecule has 17 heavy (non-hydrogen) atoms. The molecule has 0 aliphatic rings. The number of amidine groups is 1. The van der Waals surface area contributed by atoms with Gasteiger partial charge in [0.2, 0.25) is 0 Å². The van der Waals surface area contributed by atoms with Gasteiger partial charge in [-0.15, -0.1) is 0 Å². The van der Waals surface area contributed by atoms with E-state index in [0.29, 0.717) is 5.17 Å². The molecule has 0 atom stereocenters. The van der Waals surface area contributed by atoms with Gasteiger partial charge in [-0.2, -0.15) is 5.10 Å². The molecule has 1 N–H and O–H groups in total. The molecule has 4 nitrogen and oxygen atoms in total. The Morgan fingerprint density at radius 2 is 2.24 bits per heavy atom. The molecule has 0 saturated heterocycles. The summed E-state index contributed by atoms with van der Waals surface area (Å²) in [4.78, 5) is 8.17. The second-order valence-corrected chi connectivity index (χ2v) is 3.54. The van der Waals surface area contributed by atoms with Crippen LogP contribution in [0.15, 0.2) is 34.5 Å². The summed E-state index contributed by atoms with van der Waals surface area (Å²) in [7, 11) is 4.20. The fraction of sp³-hybridized carbons (Fsp3) is 0.300. The molecule has 1 heterocycles. The molecule has 0 fully saturated rings. The molecule has 1 rings (SSSR count). The van der Waals surface area contributed by atoms with Crippen LogP contribution in [0.3, 0.4) is 0 Å². The van der Waals surface area contributed by atoms with Crippen molar-refractivity contribution < 1.29 is 15.1 Å². The van der Waals surface area contributed by atoms with Gasteiger partial charge >= 0.3 is 25.2 Å². The molecule has 0 aliphatic carbocycles. The number of aromatic nitrogens is 1. The Kier molecular flexibility index (Phi) is 10.1. The first kappa shape index (κ1) is 16.3. The minimum atomic E-state index is 0.176. The van der Waals surface area contributed by atoms with Crippen LogP contribution in [0, 0.1) is 0 Å². The fourth-order valence-electron chi connectivity index (χ4n) is 0.869. The Bertz CT molecular complexity index is 357. The van der Waals surface area contributed by atoms with Crippen LogP contribution in [0.25, 0.3) is 0 Å². The Balaban J connectivity index is 0.00000121. The summed E-state index contributed by atoms with van der Waals surface area (Å²) in [6.45, 7) is 3.91. The molecule has 0 radical (unpaired) electrons. The Morgan fingerprint density at radius 1 is 1.53 bits per heavy atom. The van der Waals surface area contributed by atoms with Gasteiger partial charge in [-0.05, 0) is 31.1 Å². The summed E-state index contributed by atoms with van der Waals surface area (Å²) in [6, 6.07) is 5.78. The van der Waals surface area contributed by atoms with Gasteiger partial charge in [0.05, 0.1) is 11.9 Å². The zero-order valence-corrected chi connectivity index (χ0v) is 11.9. The van der Waals surface area contributed by atoms with Crippen molar-refractivity contribution >= 4 is 34.1 Å². The topological polar surface area (TPSA) is 49.6 Å². The number of halogens is 1. The van der Waals surface area contributed by atoms with Gasteiger partial charge in [0.1, 0.15) is 0 Å². The van der Waals surface area contributed by atoms with Gasteiger partial charge in [0, 0.05) is 12.2 Å². The summed E-state index contributed by atoms with van der Waals surface area (Å²) in [5.74, 6) is 0. The van der Waals surface area contributed by atoms with Crippen molar-refractivity contribution in [1.29, 1.82) is 0 Å². The summed E-state index contributed by atoms with van der Waals surface area (Å²) in [6.07, 6.45) is 3.31. The van der Waals surface area contributed by atoms with Gasteiger partial charge in [-0.25, -0.2) is 0 Å². The van der Waals surface area contributed by atoms with E-state index in [2.05, 4.69) is 45.7 Å². The molecule has 97 valence electrons. The Hall–Kier alpha value is -0.681. The van der Waals surface area contributed by atoms with Crippen molar-refractivity contribution in [1.82, 2.24) is 10.4 Å². The molecule has 0 amide bonds. The zero-order valence-electron chi connectivity index (χ0n) is 9.39. The first-order valence-corrected chi connectivity index (χ1v) is 6.45. The molecule has 0 bridgehead atoms.